The molecule has 0 saturated carbocycles. The Labute approximate surface area is 155 Å². The summed E-state index contributed by atoms with van der Waals surface area (Å²) in [5.41, 5.74) is 4.00. The standard InChI is InChI=1S/C25H23N/c1-4-12-21(13-5-1)20-24-18-10-11-19-26(24)25(22-14-6-2-7-15-22)23-16-8-3-9-17-23/h1-19,24-25H,20H2. The van der Waals surface area contributed by atoms with Crippen LogP contribution in [0.2, 0.25) is 0 Å². The number of nitrogens with zero attached hydrogens (tertiary/aromatic N) is 1. The monoisotopic (exact) mass is 337 g/mol. The Bertz CT molecular complexity index is 826. The van der Waals surface area contributed by atoms with Gasteiger partial charge in [-0.05, 0) is 29.2 Å². The molecule has 1 heteroatoms. The molecule has 1 heterocycles. The average molecular weight is 337 g/mol. The summed E-state index contributed by atoms with van der Waals surface area (Å²) in [4.78, 5) is 2.48. The van der Waals surface area contributed by atoms with Crippen LogP contribution < -0.4 is 0 Å². The van der Waals surface area contributed by atoms with Crippen LogP contribution in [0.5, 0.6) is 0 Å². The van der Waals surface area contributed by atoms with Crippen molar-refractivity contribution < 1.29 is 0 Å². The van der Waals surface area contributed by atoms with Crippen LogP contribution in [0, 0.1) is 0 Å². The molecule has 0 amide bonds. The Balaban J connectivity index is 1.71. The van der Waals surface area contributed by atoms with Crippen LogP contribution in [0.25, 0.3) is 0 Å². The highest BCUT2D eigenvalue weighted by Crippen LogP contribution is 2.33. The van der Waals surface area contributed by atoms with Gasteiger partial charge in [-0.25, -0.2) is 0 Å². The lowest BCUT2D eigenvalue weighted by Gasteiger charge is -2.38. The molecule has 128 valence electrons. The van der Waals surface area contributed by atoms with E-state index in [4.69, 9.17) is 0 Å². The summed E-state index contributed by atoms with van der Waals surface area (Å²) in [6.07, 6.45) is 9.85. The summed E-state index contributed by atoms with van der Waals surface area (Å²) in [6.45, 7) is 0. The van der Waals surface area contributed by atoms with Gasteiger partial charge in [-0.15, -0.1) is 0 Å². The first-order valence-corrected chi connectivity index (χ1v) is 9.18. The second-order valence-corrected chi connectivity index (χ2v) is 6.65. The molecule has 3 aromatic carbocycles. The molecule has 0 saturated heterocycles. The zero-order valence-electron chi connectivity index (χ0n) is 14.8. The summed E-state index contributed by atoms with van der Waals surface area (Å²) in [6, 6.07) is 32.8. The van der Waals surface area contributed by atoms with Crippen molar-refractivity contribution in [2.75, 3.05) is 0 Å². The lowest BCUT2D eigenvalue weighted by molar-refractivity contribution is 0.263. The van der Waals surface area contributed by atoms with Crippen LogP contribution in [-0.2, 0) is 6.42 Å². The molecular weight excluding hydrogens is 314 g/mol. The lowest BCUT2D eigenvalue weighted by atomic mass is 9.93. The molecule has 0 radical (unpaired) electrons. The molecule has 0 bridgehead atoms. The largest absolute Gasteiger partial charge is 0.360 e. The fourth-order valence-corrected chi connectivity index (χ4v) is 3.67. The van der Waals surface area contributed by atoms with Crippen molar-refractivity contribution >= 4 is 0 Å². The van der Waals surface area contributed by atoms with Gasteiger partial charge in [0.05, 0.1) is 12.1 Å². The molecule has 0 aromatic heterocycles. The first-order valence-electron chi connectivity index (χ1n) is 9.18. The van der Waals surface area contributed by atoms with Crippen molar-refractivity contribution in [2.24, 2.45) is 0 Å². The van der Waals surface area contributed by atoms with E-state index in [1.54, 1.807) is 0 Å². The number of benzene rings is 3. The van der Waals surface area contributed by atoms with E-state index < -0.39 is 0 Å². The van der Waals surface area contributed by atoms with Crippen molar-refractivity contribution in [1.29, 1.82) is 0 Å². The number of allylic oxidation sites excluding steroid dienone is 2. The van der Waals surface area contributed by atoms with E-state index in [0.29, 0.717) is 6.04 Å². The molecule has 3 aromatic rings. The summed E-state index contributed by atoms with van der Waals surface area (Å²) in [5, 5.41) is 0. The fourth-order valence-electron chi connectivity index (χ4n) is 3.67. The van der Waals surface area contributed by atoms with Crippen LogP contribution >= 0.6 is 0 Å². The maximum absolute atomic E-state index is 2.48. The number of rotatable bonds is 5. The van der Waals surface area contributed by atoms with Crippen molar-refractivity contribution in [3.8, 4) is 0 Å². The molecule has 26 heavy (non-hydrogen) atoms. The average Bonchev–Trinajstić information content (AvgIpc) is 2.72. The maximum Gasteiger partial charge on any atom is 0.0796 e. The van der Waals surface area contributed by atoms with Gasteiger partial charge in [-0.1, -0.05) is 103 Å². The molecule has 1 atom stereocenters. The van der Waals surface area contributed by atoms with Gasteiger partial charge in [0.1, 0.15) is 0 Å². The molecule has 1 aliphatic heterocycles. The molecule has 0 N–H and O–H groups in total. The maximum atomic E-state index is 2.48. The third-order valence-corrected chi connectivity index (χ3v) is 4.90. The summed E-state index contributed by atoms with van der Waals surface area (Å²) < 4.78 is 0. The zero-order chi connectivity index (χ0) is 17.6. The predicted molar refractivity (Wildman–Crippen MR) is 109 cm³/mol. The third kappa shape index (κ3) is 3.62. The minimum Gasteiger partial charge on any atom is -0.360 e. The molecule has 0 spiro atoms. The molecular formula is C25H23N. The Morgan fingerprint density at radius 2 is 1.19 bits per heavy atom. The second kappa shape index (κ2) is 7.88. The highest BCUT2D eigenvalue weighted by atomic mass is 15.2. The van der Waals surface area contributed by atoms with Crippen molar-refractivity contribution in [2.45, 2.75) is 18.5 Å². The van der Waals surface area contributed by atoms with E-state index in [-0.39, 0.29) is 6.04 Å². The molecule has 1 unspecified atom stereocenters. The smallest absolute Gasteiger partial charge is 0.0796 e. The highest BCUT2D eigenvalue weighted by molar-refractivity contribution is 5.34. The number of hydrogen-bond acceptors (Lipinski definition) is 1. The molecule has 0 fully saturated rings. The second-order valence-electron chi connectivity index (χ2n) is 6.65. The molecule has 1 nitrogen and oxygen atoms in total. The highest BCUT2D eigenvalue weighted by Gasteiger charge is 2.26. The Kier molecular flexibility index (Phi) is 4.97. The number of hydrogen-bond donors (Lipinski definition) is 0. The van der Waals surface area contributed by atoms with Gasteiger partial charge in [0.15, 0.2) is 0 Å². The van der Waals surface area contributed by atoms with Gasteiger partial charge in [-0.2, -0.15) is 0 Å². The van der Waals surface area contributed by atoms with Gasteiger partial charge >= 0.3 is 0 Å². The van der Waals surface area contributed by atoms with Crippen LogP contribution in [-0.4, -0.2) is 10.9 Å². The van der Waals surface area contributed by atoms with E-state index in [1.807, 2.05) is 0 Å². The van der Waals surface area contributed by atoms with Crippen LogP contribution in [0.4, 0.5) is 0 Å². The van der Waals surface area contributed by atoms with Crippen LogP contribution in [0.1, 0.15) is 22.7 Å². The van der Waals surface area contributed by atoms with Crippen molar-refractivity contribution in [3.63, 3.8) is 0 Å². The fraction of sp³-hybridized carbons (Fsp3) is 0.120. The summed E-state index contributed by atoms with van der Waals surface area (Å²) in [7, 11) is 0. The van der Waals surface area contributed by atoms with E-state index >= 15 is 0 Å². The van der Waals surface area contributed by atoms with Crippen molar-refractivity contribution in [1.82, 2.24) is 4.90 Å². The van der Waals surface area contributed by atoms with Crippen LogP contribution in [0.15, 0.2) is 115 Å². The van der Waals surface area contributed by atoms with Crippen LogP contribution in [0.3, 0.4) is 0 Å². The minimum absolute atomic E-state index is 0.201. The van der Waals surface area contributed by atoms with E-state index in [0.717, 1.165) is 6.42 Å². The van der Waals surface area contributed by atoms with Gasteiger partial charge in [-0.3, -0.25) is 0 Å². The van der Waals surface area contributed by atoms with Crippen molar-refractivity contribution in [3.05, 3.63) is 132 Å². The normalized spacial score (nSPS) is 16.2. The Hall–Kier alpha value is -3.06. The Morgan fingerprint density at radius 1 is 0.654 bits per heavy atom. The minimum atomic E-state index is 0.201. The SMILES string of the molecule is C1=CC(Cc2ccccc2)N(C(c2ccccc2)c2ccccc2)C=C1. The van der Waals surface area contributed by atoms with E-state index in [2.05, 4.69) is 120 Å². The van der Waals surface area contributed by atoms with Gasteiger partial charge in [0, 0.05) is 6.20 Å². The predicted octanol–water partition coefficient (Wildman–Crippen LogP) is 5.77. The Morgan fingerprint density at radius 3 is 1.77 bits per heavy atom. The molecule has 4 rings (SSSR count). The first-order chi connectivity index (χ1) is 12.9. The lowest BCUT2D eigenvalue weighted by Crippen LogP contribution is -2.36. The van der Waals surface area contributed by atoms with Gasteiger partial charge in [0.2, 0.25) is 0 Å². The van der Waals surface area contributed by atoms with Gasteiger partial charge < -0.3 is 4.90 Å². The summed E-state index contributed by atoms with van der Waals surface area (Å²) >= 11 is 0. The van der Waals surface area contributed by atoms with Gasteiger partial charge in [0.25, 0.3) is 0 Å². The quantitative estimate of drug-likeness (QED) is 0.571. The molecule has 0 aliphatic carbocycles. The first kappa shape index (κ1) is 16.4. The van der Waals surface area contributed by atoms with E-state index in [1.165, 1.54) is 16.7 Å². The third-order valence-electron chi connectivity index (χ3n) is 4.90. The van der Waals surface area contributed by atoms with E-state index in [9.17, 15) is 0 Å². The topological polar surface area (TPSA) is 3.24 Å². The zero-order valence-corrected chi connectivity index (χ0v) is 14.8. The molecule has 1 aliphatic rings. The summed E-state index contributed by atoms with van der Waals surface area (Å²) in [5.74, 6) is 0.